The van der Waals surface area contributed by atoms with E-state index in [4.69, 9.17) is 0 Å². The molecule has 3 rings (SSSR count). The number of benzene rings is 1. The average Bonchev–Trinajstić information content (AvgIpc) is 3.05. The van der Waals surface area contributed by atoms with Gasteiger partial charge >= 0.3 is 0 Å². The van der Waals surface area contributed by atoms with E-state index in [-0.39, 0.29) is 24.0 Å². The van der Waals surface area contributed by atoms with Crippen LogP contribution in [0, 0.1) is 6.92 Å². The van der Waals surface area contributed by atoms with Crippen LogP contribution in [0.15, 0.2) is 53.8 Å². The largest absolute Gasteiger partial charge is 0.354 e. The fourth-order valence-electron chi connectivity index (χ4n) is 3.04. The first-order chi connectivity index (χ1) is 11.8. The van der Waals surface area contributed by atoms with Crippen molar-refractivity contribution in [1.82, 2.24) is 19.8 Å². The minimum Gasteiger partial charge on any atom is -0.354 e. The summed E-state index contributed by atoms with van der Waals surface area (Å²) < 4.78 is 2.14. The van der Waals surface area contributed by atoms with Gasteiger partial charge in [0.2, 0.25) is 0 Å². The topological polar surface area (TPSA) is 45.5 Å². The first-order valence-corrected chi connectivity index (χ1v) is 8.45. The molecule has 1 N–H and O–H groups in total. The molecule has 0 radical (unpaired) electrons. The third-order valence-corrected chi connectivity index (χ3v) is 4.42. The van der Waals surface area contributed by atoms with E-state index in [1.165, 1.54) is 11.1 Å². The van der Waals surface area contributed by atoms with Gasteiger partial charge in [0.05, 0.1) is 0 Å². The lowest BCUT2D eigenvalue weighted by Crippen LogP contribution is -2.44. The second kappa shape index (κ2) is 9.60. The lowest BCUT2D eigenvalue weighted by Gasteiger charge is -2.30. The zero-order valence-electron chi connectivity index (χ0n) is 14.9. The Bertz CT molecular complexity index is 720. The maximum Gasteiger partial charge on any atom is 0.194 e. The van der Waals surface area contributed by atoms with E-state index in [9.17, 15) is 0 Å². The van der Waals surface area contributed by atoms with Crippen molar-refractivity contribution >= 4 is 35.5 Å². The molecule has 0 amide bonds. The van der Waals surface area contributed by atoms with Gasteiger partial charge in [-0.1, -0.05) is 36.4 Å². The molecule has 0 spiro atoms. The number of hydrogen-bond acceptors (Lipinski definition) is 2. The molecule has 1 aromatic carbocycles. The van der Waals surface area contributed by atoms with E-state index >= 15 is 0 Å². The monoisotopic (exact) mass is 451 g/mol. The zero-order valence-corrected chi connectivity index (χ0v) is 17.2. The molecule has 0 fully saturated rings. The number of hydrogen-bond donors (Lipinski definition) is 1. The molecule has 2 heterocycles. The summed E-state index contributed by atoms with van der Waals surface area (Å²) in [6, 6.07) is 10.6. The van der Waals surface area contributed by atoms with Crippen molar-refractivity contribution in [2.24, 2.45) is 4.99 Å². The number of nitrogens with zero attached hydrogens (tertiary/aromatic N) is 4. The smallest absolute Gasteiger partial charge is 0.194 e. The molecule has 0 saturated heterocycles. The summed E-state index contributed by atoms with van der Waals surface area (Å²) in [7, 11) is 1.85. The van der Waals surface area contributed by atoms with Gasteiger partial charge in [-0.05, 0) is 24.5 Å². The van der Waals surface area contributed by atoms with Crippen molar-refractivity contribution in [2.45, 2.75) is 19.9 Å². The Labute approximate surface area is 166 Å². The summed E-state index contributed by atoms with van der Waals surface area (Å²) in [4.78, 5) is 11.0. The Kier molecular flexibility index (Phi) is 7.49. The van der Waals surface area contributed by atoms with E-state index in [0.29, 0.717) is 0 Å². The molecule has 5 nitrogen and oxygen atoms in total. The van der Waals surface area contributed by atoms with Crippen molar-refractivity contribution in [2.75, 3.05) is 26.7 Å². The maximum absolute atomic E-state index is 4.43. The molecule has 0 atom stereocenters. The first-order valence-electron chi connectivity index (χ1n) is 8.45. The fourth-order valence-corrected chi connectivity index (χ4v) is 3.04. The summed E-state index contributed by atoms with van der Waals surface area (Å²) in [5.41, 5.74) is 2.76. The second-order valence-corrected chi connectivity index (χ2v) is 5.93. The van der Waals surface area contributed by atoms with Crippen molar-refractivity contribution < 1.29 is 0 Å². The highest BCUT2D eigenvalue weighted by atomic mass is 127. The first kappa shape index (κ1) is 19.5. The van der Waals surface area contributed by atoms with Crippen LogP contribution in [-0.2, 0) is 6.54 Å². The predicted molar refractivity (Wildman–Crippen MR) is 114 cm³/mol. The Morgan fingerprint density at radius 2 is 2.08 bits per heavy atom. The van der Waals surface area contributed by atoms with Crippen molar-refractivity contribution in [1.29, 1.82) is 0 Å². The minimum atomic E-state index is 0. The summed E-state index contributed by atoms with van der Waals surface area (Å²) in [6.07, 6.45) is 7.21. The van der Waals surface area contributed by atoms with Crippen LogP contribution >= 0.6 is 24.0 Å². The van der Waals surface area contributed by atoms with Gasteiger partial charge in [0.15, 0.2) is 5.96 Å². The predicted octanol–water partition coefficient (Wildman–Crippen LogP) is 3.17. The molecule has 25 heavy (non-hydrogen) atoms. The zero-order chi connectivity index (χ0) is 16.8. The van der Waals surface area contributed by atoms with Crippen molar-refractivity contribution in [3.05, 3.63) is 60.2 Å². The van der Waals surface area contributed by atoms with E-state index in [1.54, 1.807) is 0 Å². The highest BCUT2D eigenvalue weighted by molar-refractivity contribution is 14.0. The number of guanidine groups is 1. The molecule has 0 bridgehead atoms. The lowest BCUT2D eigenvalue weighted by molar-refractivity contribution is 0.437. The SMILES string of the molecule is CN=C(NCCn1ccnc1C)N1CC=C(c2ccccc2)CC1.I. The van der Waals surface area contributed by atoms with Crippen molar-refractivity contribution in [3.63, 3.8) is 0 Å². The van der Waals surface area contributed by atoms with Gasteiger partial charge in [0.25, 0.3) is 0 Å². The van der Waals surface area contributed by atoms with Crippen molar-refractivity contribution in [3.8, 4) is 0 Å². The molecular formula is C19H26IN5. The summed E-state index contributed by atoms with van der Waals surface area (Å²) in [6.45, 7) is 5.65. The molecule has 1 aromatic heterocycles. The normalized spacial score (nSPS) is 14.7. The van der Waals surface area contributed by atoms with Gasteiger partial charge < -0.3 is 14.8 Å². The highest BCUT2D eigenvalue weighted by Crippen LogP contribution is 2.21. The van der Waals surface area contributed by atoms with Gasteiger partial charge in [0, 0.05) is 45.6 Å². The number of halogens is 1. The Morgan fingerprint density at radius 1 is 1.28 bits per heavy atom. The van der Waals surface area contributed by atoms with Crippen LogP contribution in [0.3, 0.4) is 0 Å². The van der Waals surface area contributed by atoms with Gasteiger partial charge in [-0.2, -0.15) is 0 Å². The van der Waals surface area contributed by atoms with Gasteiger partial charge in [-0.15, -0.1) is 24.0 Å². The molecule has 6 heteroatoms. The van der Waals surface area contributed by atoms with E-state index in [2.05, 4.69) is 61.2 Å². The number of rotatable bonds is 4. The Balaban J connectivity index is 0.00000225. The third kappa shape index (κ3) is 5.07. The van der Waals surface area contributed by atoms with Crippen LogP contribution in [0.5, 0.6) is 0 Å². The molecule has 1 aliphatic rings. The third-order valence-electron chi connectivity index (χ3n) is 4.42. The van der Waals surface area contributed by atoms with Crippen LogP contribution in [0.2, 0.25) is 0 Å². The van der Waals surface area contributed by atoms with E-state index < -0.39 is 0 Å². The van der Waals surface area contributed by atoms with Crippen LogP contribution in [0.4, 0.5) is 0 Å². The molecule has 2 aromatic rings. The number of imidazole rings is 1. The molecule has 0 unspecified atom stereocenters. The van der Waals surface area contributed by atoms with E-state index in [0.717, 1.165) is 44.4 Å². The van der Waals surface area contributed by atoms with Crippen LogP contribution in [0.1, 0.15) is 17.8 Å². The number of aliphatic imine (C=N–C) groups is 1. The highest BCUT2D eigenvalue weighted by Gasteiger charge is 2.15. The lowest BCUT2D eigenvalue weighted by atomic mass is 10.00. The standard InChI is InChI=1S/C19H25N5.HI/c1-16-21-10-14-23(16)15-11-22-19(20-2)24-12-8-18(9-13-24)17-6-4-3-5-7-17;/h3-8,10,14H,9,11-13,15H2,1-2H3,(H,20,22);1H. The van der Waals surface area contributed by atoms with Gasteiger partial charge in [0.1, 0.15) is 5.82 Å². The summed E-state index contributed by atoms with van der Waals surface area (Å²) >= 11 is 0. The summed E-state index contributed by atoms with van der Waals surface area (Å²) in [5, 5.41) is 3.46. The summed E-state index contributed by atoms with van der Waals surface area (Å²) in [5.74, 6) is 2.01. The average molecular weight is 451 g/mol. The van der Waals surface area contributed by atoms with Gasteiger partial charge in [-0.3, -0.25) is 4.99 Å². The van der Waals surface area contributed by atoms with Crippen LogP contribution in [0.25, 0.3) is 5.57 Å². The fraction of sp³-hybridized carbons (Fsp3) is 0.368. The molecular weight excluding hydrogens is 425 g/mol. The Hall–Kier alpha value is -1.83. The molecule has 134 valence electrons. The Morgan fingerprint density at radius 3 is 2.68 bits per heavy atom. The van der Waals surface area contributed by atoms with E-state index in [1.807, 2.05) is 26.4 Å². The van der Waals surface area contributed by atoms with Gasteiger partial charge in [-0.25, -0.2) is 4.98 Å². The number of aryl methyl sites for hydroxylation is 1. The molecule has 1 aliphatic heterocycles. The molecule has 0 saturated carbocycles. The minimum absolute atomic E-state index is 0. The quantitative estimate of drug-likeness (QED) is 0.442. The number of aromatic nitrogens is 2. The number of nitrogens with one attached hydrogen (secondary N) is 1. The van der Waals surface area contributed by atoms with Crippen LogP contribution in [-0.4, -0.2) is 47.1 Å². The maximum atomic E-state index is 4.43. The molecule has 0 aliphatic carbocycles. The van der Waals surface area contributed by atoms with Crippen LogP contribution < -0.4 is 5.32 Å². The second-order valence-electron chi connectivity index (χ2n) is 5.93.